The van der Waals surface area contributed by atoms with Crippen molar-refractivity contribution in [2.24, 2.45) is 0 Å². The van der Waals surface area contributed by atoms with Crippen LogP contribution in [0.5, 0.6) is 5.75 Å². The van der Waals surface area contributed by atoms with Crippen LogP contribution >= 0.6 is 0 Å². The van der Waals surface area contributed by atoms with Gasteiger partial charge in [-0.1, -0.05) is 30.3 Å². The number of amides is 1. The van der Waals surface area contributed by atoms with Crippen LogP contribution in [0.15, 0.2) is 42.5 Å². The van der Waals surface area contributed by atoms with E-state index in [4.69, 9.17) is 9.47 Å². The van der Waals surface area contributed by atoms with Crippen molar-refractivity contribution in [2.75, 3.05) is 39.4 Å². The predicted octanol–water partition coefficient (Wildman–Crippen LogP) is 3.89. The molecule has 2 aromatic rings. The molecule has 0 spiro atoms. The molecule has 2 aromatic carbocycles. The van der Waals surface area contributed by atoms with Crippen LogP contribution < -0.4 is 4.74 Å². The van der Waals surface area contributed by atoms with Crippen LogP contribution in [0.1, 0.15) is 35.6 Å². The van der Waals surface area contributed by atoms with Gasteiger partial charge in [0.05, 0.1) is 13.2 Å². The fraction of sp³-hybridized carbons (Fsp3) is 0.480. The summed E-state index contributed by atoms with van der Waals surface area (Å²) in [7, 11) is 0. The van der Waals surface area contributed by atoms with Crippen molar-refractivity contribution in [2.45, 2.75) is 38.8 Å². The number of nitrogens with zero attached hydrogens (tertiary/aromatic N) is 2. The highest BCUT2D eigenvalue weighted by molar-refractivity contribution is 5.89. The van der Waals surface area contributed by atoms with Gasteiger partial charge in [0.15, 0.2) is 11.6 Å². The van der Waals surface area contributed by atoms with Crippen molar-refractivity contribution in [3.63, 3.8) is 0 Å². The largest absolute Gasteiger partial charge is 0.475 e. The zero-order chi connectivity index (χ0) is 21.8. The van der Waals surface area contributed by atoms with E-state index in [2.05, 4.69) is 36.9 Å². The minimum Gasteiger partial charge on any atom is -0.475 e. The molecule has 2 heterocycles. The molecule has 0 aromatic heterocycles. The second-order valence-corrected chi connectivity index (χ2v) is 8.45. The SMILES string of the molecule is Cc1ccc([C@H]2[C@@H](Oc3ccccc3F)C(=O)N2CCCCN2CCOCC2)cc1C. The summed E-state index contributed by atoms with van der Waals surface area (Å²) in [6.45, 7) is 9.40. The summed E-state index contributed by atoms with van der Waals surface area (Å²) < 4.78 is 25.4. The minimum absolute atomic E-state index is 0.0714. The Bertz CT molecular complexity index is 913. The number of rotatable bonds is 8. The average Bonchev–Trinajstić information content (AvgIpc) is 2.78. The maximum Gasteiger partial charge on any atom is 0.266 e. The number of hydrogen-bond donors (Lipinski definition) is 0. The van der Waals surface area contributed by atoms with Crippen molar-refractivity contribution in [1.29, 1.82) is 0 Å². The van der Waals surface area contributed by atoms with Crippen LogP contribution in [0.2, 0.25) is 0 Å². The number of likely N-dealkylation sites (tertiary alicyclic amines) is 1. The highest BCUT2D eigenvalue weighted by Crippen LogP contribution is 2.39. The molecule has 0 saturated carbocycles. The normalized spacial score (nSPS) is 21.8. The summed E-state index contributed by atoms with van der Waals surface area (Å²) in [6, 6.07) is 12.3. The molecule has 4 rings (SSSR count). The molecular weight excluding hydrogens is 395 g/mol. The van der Waals surface area contributed by atoms with Gasteiger partial charge in [-0.3, -0.25) is 9.69 Å². The number of ether oxygens (including phenoxy) is 2. The van der Waals surface area contributed by atoms with Crippen LogP contribution in [0.25, 0.3) is 0 Å². The first-order valence-electron chi connectivity index (χ1n) is 11.1. The van der Waals surface area contributed by atoms with Gasteiger partial charge >= 0.3 is 0 Å². The maximum atomic E-state index is 14.1. The Morgan fingerprint density at radius 2 is 1.77 bits per heavy atom. The number of hydrogen-bond acceptors (Lipinski definition) is 4. The topological polar surface area (TPSA) is 42.0 Å². The van der Waals surface area contributed by atoms with Crippen LogP contribution in [0, 0.1) is 19.7 Å². The molecule has 166 valence electrons. The van der Waals surface area contributed by atoms with Crippen molar-refractivity contribution in [3.8, 4) is 5.75 Å². The molecule has 2 aliphatic rings. The first-order valence-corrected chi connectivity index (χ1v) is 11.1. The quantitative estimate of drug-likeness (QED) is 0.475. The molecule has 2 atom stereocenters. The zero-order valence-corrected chi connectivity index (χ0v) is 18.4. The number of para-hydroxylation sites is 1. The first-order chi connectivity index (χ1) is 15.0. The predicted molar refractivity (Wildman–Crippen MR) is 118 cm³/mol. The molecule has 0 N–H and O–H groups in total. The van der Waals surface area contributed by atoms with E-state index >= 15 is 0 Å². The van der Waals surface area contributed by atoms with Gasteiger partial charge in [0.25, 0.3) is 5.91 Å². The molecule has 2 aliphatic heterocycles. The summed E-state index contributed by atoms with van der Waals surface area (Å²) in [5, 5.41) is 0. The molecule has 2 saturated heterocycles. The van der Waals surface area contributed by atoms with E-state index < -0.39 is 11.9 Å². The minimum atomic E-state index is -0.696. The fourth-order valence-electron chi connectivity index (χ4n) is 4.30. The Morgan fingerprint density at radius 1 is 1.03 bits per heavy atom. The highest BCUT2D eigenvalue weighted by atomic mass is 19.1. The number of unbranched alkanes of at least 4 members (excludes halogenated alkanes) is 1. The highest BCUT2D eigenvalue weighted by Gasteiger charge is 2.50. The molecule has 0 bridgehead atoms. The molecule has 0 unspecified atom stereocenters. The number of aryl methyl sites for hydroxylation is 2. The molecule has 5 nitrogen and oxygen atoms in total. The van der Waals surface area contributed by atoms with Crippen LogP contribution in [0.3, 0.4) is 0 Å². The Hall–Kier alpha value is -2.44. The van der Waals surface area contributed by atoms with Crippen LogP contribution in [0.4, 0.5) is 4.39 Å². The molecule has 0 radical (unpaired) electrons. The lowest BCUT2D eigenvalue weighted by Crippen LogP contribution is -2.61. The summed E-state index contributed by atoms with van der Waals surface area (Å²) in [4.78, 5) is 17.3. The summed E-state index contributed by atoms with van der Waals surface area (Å²) in [6.07, 6.45) is 1.26. The van der Waals surface area contributed by atoms with E-state index in [0.717, 1.165) is 51.3 Å². The summed E-state index contributed by atoms with van der Waals surface area (Å²) >= 11 is 0. The molecule has 6 heteroatoms. The van der Waals surface area contributed by atoms with Gasteiger partial charge in [0.2, 0.25) is 6.10 Å². The van der Waals surface area contributed by atoms with Crippen LogP contribution in [-0.2, 0) is 9.53 Å². The molecule has 31 heavy (non-hydrogen) atoms. The molecule has 1 amide bonds. The smallest absolute Gasteiger partial charge is 0.266 e. The lowest BCUT2D eigenvalue weighted by Gasteiger charge is -2.47. The van der Waals surface area contributed by atoms with Crippen molar-refractivity contribution < 1.29 is 18.7 Å². The number of benzene rings is 2. The molecule has 2 fully saturated rings. The van der Waals surface area contributed by atoms with Gasteiger partial charge in [-0.05, 0) is 62.1 Å². The number of carbonyl (C=O) groups is 1. The number of halogens is 1. The summed E-state index contributed by atoms with van der Waals surface area (Å²) in [5.41, 5.74) is 3.42. The zero-order valence-electron chi connectivity index (χ0n) is 18.4. The fourth-order valence-corrected chi connectivity index (χ4v) is 4.30. The van der Waals surface area contributed by atoms with Gasteiger partial charge in [0.1, 0.15) is 6.04 Å². The van der Waals surface area contributed by atoms with Gasteiger partial charge in [-0.2, -0.15) is 0 Å². The van der Waals surface area contributed by atoms with Crippen molar-refractivity contribution in [1.82, 2.24) is 9.80 Å². The standard InChI is InChI=1S/C25H31FN2O3/c1-18-9-10-20(17-19(18)2)23-24(31-22-8-4-3-7-21(22)26)25(29)28(23)12-6-5-11-27-13-15-30-16-14-27/h3-4,7-10,17,23-24H,5-6,11-16H2,1-2H3/t23-,24+/m0/s1. The van der Waals surface area contributed by atoms with Crippen LogP contribution in [-0.4, -0.2) is 61.2 Å². The number of morpholine rings is 1. The third-order valence-electron chi connectivity index (χ3n) is 6.34. The van der Waals surface area contributed by atoms with Gasteiger partial charge in [0, 0.05) is 19.6 Å². The Labute approximate surface area is 183 Å². The van der Waals surface area contributed by atoms with E-state index in [9.17, 15) is 9.18 Å². The van der Waals surface area contributed by atoms with E-state index in [0.29, 0.717) is 6.54 Å². The van der Waals surface area contributed by atoms with E-state index in [1.165, 1.54) is 17.2 Å². The van der Waals surface area contributed by atoms with E-state index in [-0.39, 0.29) is 17.7 Å². The lowest BCUT2D eigenvalue weighted by atomic mass is 9.88. The number of β-lactam (4-membered cyclic amide) rings is 1. The Balaban J connectivity index is 1.44. The van der Waals surface area contributed by atoms with Gasteiger partial charge < -0.3 is 14.4 Å². The van der Waals surface area contributed by atoms with Gasteiger partial charge in [-0.25, -0.2) is 4.39 Å². The number of carbonyl (C=O) groups excluding carboxylic acids is 1. The Morgan fingerprint density at radius 3 is 2.52 bits per heavy atom. The summed E-state index contributed by atoms with van der Waals surface area (Å²) in [5.74, 6) is -0.391. The lowest BCUT2D eigenvalue weighted by molar-refractivity contribution is -0.164. The second-order valence-electron chi connectivity index (χ2n) is 8.45. The van der Waals surface area contributed by atoms with E-state index in [1.807, 2.05) is 4.90 Å². The maximum absolute atomic E-state index is 14.1. The molecule has 0 aliphatic carbocycles. The Kier molecular flexibility index (Phi) is 6.88. The second kappa shape index (κ2) is 9.79. The first kappa shape index (κ1) is 21.8. The monoisotopic (exact) mass is 426 g/mol. The third-order valence-corrected chi connectivity index (χ3v) is 6.34. The van der Waals surface area contributed by atoms with Gasteiger partial charge in [-0.15, -0.1) is 0 Å². The van der Waals surface area contributed by atoms with Crippen molar-refractivity contribution in [3.05, 3.63) is 65.0 Å². The van der Waals surface area contributed by atoms with Crippen molar-refractivity contribution >= 4 is 5.91 Å². The third kappa shape index (κ3) is 4.91. The van der Waals surface area contributed by atoms with E-state index in [1.54, 1.807) is 18.2 Å². The molecular formula is C25H31FN2O3. The average molecular weight is 427 g/mol.